The Morgan fingerprint density at radius 1 is 1.16 bits per heavy atom. The fourth-order valence-electron chi connectivity index (χ4n) is 3.25. The second kappa shape index (κ2) is 12.1. The maximum atomic E-state index is 10.3. The monoisotopic (exact) mass is 434 g/mol. The molecule has 4 atom stereocenters. The number of ether oxygens (including phenoxy) is 6. The molecule has 0 bridgehead atoms. The summed E-state index contributed by atoms with van der Waals surface area (Å²) in [5, 5.41) is 10.3. The van der Waals surface area contributed by atoms with Gasteiger partial charge in [0.1, 0.15) is 37.0 Å². The normalized spacial score (nSPS) is 22.7. The number of aliphatic hydroxyl groups is 1. The third kappa shape index (κ3) is 7.57. The van der Waals surface area contributed by atoms with Gasteiger partial charge in [-0.15, -0.1) is 6.58 Å². The van der Waals surface area contributed by atoms with Crippen molar-refractivity contribution in [1.29, 1.82) is 0 Å². The molecule has 31 heavy (non-hydrogen) atoms. The Labute approximate surface area is 184 Å². The van der Waals surface area contributed by atoms with E-state index in [0.29, 0.717) is 13.2 Å². The summed E-state index contributed by atoms with van der Waals surface area (Å²) in [5.74, 6) is -0.0762. The molecule has 7 heteroatoms. The molecule has 0 radical (unpaired) electrons. The minimum absolute atomic E-state index is 0.0511. The molecule has 172 valence electrons. The summed E-state index contributed by atoms with van der Waals surface area (Å²) < 4.78 is 33.9. The average molecular weight is 435 g/mol. The van der Waals surface area contributed by atoms with Crippen molar-refractivity contribution in [2.45, 2.75) is 50.7 Å². The number of methoxy groups -OCH3 is 2. The number of hydrogen-bond acceptors (Lipinski definition) is 7. The van der Waals surface area contributed by atoms with E-state index in [1.54, 1.807) is 34.1 Å². The standard InChI is InChI=1S/C24H34O7/c1-7-17(14-28-15-18-9-11-19(27-6)12-10-18)13-21(29-16-26-5)23-22(20(25)8-2)30-24(3,4)31-23/h7-13,20-23,25H,1-2,14-16H2,3-6H3/b17-13-/t20?,21-,22-,23-/m0/s1. The Morgan fingerprint density at radius 3 is 2.42 bits per heavy atom. The second-order valence-electron chi connectivity index (χ2n) is 7.62. The maximum Gasteiger partial charge on any atom is 0.164 e. The smallest absolute Gasteiger partial charge is 0.164 e. The fourth-order valence-corrected chi connectivity index (χ4v) is 3.25. The van der Waals surface area contributed by atoms with Gasteiger partial charge in [0.2, 0.25) is 0 Å². The van der Waals surface area contributed by atoms with Gasteiger partial charge in [-0.1, -0.05) is 30.9 Å². The van der Waals surface area contributed by atoms with Crippen LogP contribution in [-0.2, 0) is 30.3 Å². The third-order valence-electron chi connectivity index (χ3n) is 4.78. The van der Waals surface area contributed by atoms with Gasteiger partial charge in [-0.2, -0.15) is 0 Å². The van der Waals surface area contributed by atoms with Crippen LogP contribution < -0.4 is 4.74 Å². The van der Waals surface area contributed by atoms with Crippen LogP contribution in [0.4, 0.5) is 0 Å². The van der Waals surface area contributed by atoms with Crippen LogP contribution in [0, 0.1) is 0 Å². The van der Waals surface area contributed by atoms with Gasteiger partial charge in [0, 0.05) is 7.11 Å². The van der Waals surface area contributed by atoms with E-state index in [9.17, 15) is 5.11 Å². The van der Waals surface area contributed by atoms with E-state index in [2.05, 4.69) is 13.2 Å². The molecule has 0 aromatic heterocycles. The Morgan fingerprint density at radius 2 is 1.84 bits per heavy atom. The molecule has 2 rings (SSSR count). The third-order valence-corrected chi connectivity index (χ3v) is 4.78. The van der Waals surface area contributed by atoms with Gasteiger partial charge in [-0.25, -0.2) is 0 Å². The molecule has 1 saturated heterocycles. The highest BCUT2D eigenvalue weighted by Gasteiger charge is 2.47. The Bertz CT molecular complexity index is 726. The zero-order chi connectivity index (χ0) is 22.9. The molecule has 0 aliphatic carbocycles. The summed E-state index contributed by atoms with van der Waals surface area (Å²) in [6.45, 7) is 11.9. The summed E-state index contributed by atoms with van der Waals surface area (Å²) in [4.78, 5) is 0. The quantitative estimate of drug-likeness (QED) is 0.290. The molecule has 0 spiro atoms. The summed E-state index contributed by atoms with van der Waals surface area (Å²) in [6, 6.07) is 7.69. The summed E-state index contributed by atoms with van der Waals surface area (Å²) in [7, 11) is 3.17. The Kier molecular flexibility index (Phi) is 9.90. The van der Waals surface area contributed by atoms with Crippen molar-refractivity contribution < 1.29 is 33.5 Å². The molecule has 0 amide bonds. The molecular formula is C24H34O7. The lowest BCUT2D eigenvalue weighted by atomic mass is 10.0. The highest BCUT2D eigenvalue weighted by molar-refractivity contribution is 5.27. The van der Waals surface area contributed by atoms with Gasteiger partial charge in [-0.05, 0) is 43.2 Å². The van der Waals surface area contributed by atoms with Crippen LogP contribution >= 0.6 is 0 Å². The van der Waals surface area contributed by atoms with E-state index in [-0.39, 0.29) is 6.79 Å². The lowest BCUT2D eigenvalue weighted by Gasteiger charge is -2.26. The van der Waals surface area contributed by atoms with Crippen LogP contribution in [0.15, 0.2) is 61.2 Å². The topological polar surface area (TPSA) is 75.6 Å². The Hall–Kier alpha value is -2.00. The largest absolute Gasteiger partial charge is 0.497 e. The predicted octanol–water partition coefficient (Wildman–Crippen LogP) is 3.38. The fraction of sp³-hybridized carbons (Fsp3) is 0.500. The van der Waals surface area contributed by atoms with E-state index < -0.39 is 30.2 Å². The highest BCUT2D eigenvalue weighted by atomic mass is 16.8. The molecule has 1 heterocycles. The molecule has 1 aromatic rings. The Balaban J connectivity index is 2.10. The number of benzene rings is 1. The molecule has 1 fully saturated rings. The lowest BCUT2D eigenvalue weighted by Crippen LogP contribution is -2.42. The van der Waals surface area contributed by atoms with Crippen molar-refractivity contribution >= 4 is 0 Å². The maximum absolute atomic E-state index is 10.3. The van der Waals surface area contributed by atoms with Crippen LogP contribution in [0.1, 0.15) is 19.4 Å². The van der Waals surface area contributed by atoms with E-state index in [0.717, 1.165) is 16.9 Å². The molecular weight excluding hydrogens is 400 g/mol. The molecule has 1 N–H and O–H groups in total. The molecule has 1 aliphatic rings. The van der Waals surface area contributed by atoms with Gasteiger partial charge in [0.15, 0.2) is 5.79 Å². The lowest BCUT2D eigenvalue weighted by molar-refractivity contribution is -0.165. The van der Waals surface area contributed by atoms with Crippen LogP contribution in [0.2, 0.25) is 0 Å². The first-order valence-corrected chi connectivity index (χ1v) is 10.1. The molecule has 1 aromatic carbocycles. The van der Waals surface area contributed by atoms with Gasteiger partial charge >= 0.3 is 0 Å². The number of rotatable bonds is 13. The van der Waals surface area contributed by atoms with E-state index >= 15 is 0 Å². The van der Waals surface area contributed by atoms with Gasteiger partial charge in [0.25, 0.3) is 0 Å². The number of hydrogen-bond donors (Lipinski definition) is 1. The van der Waals surface area contributed by atoms with Crippen molar-refractivity contribution in [3.05, 3.63) is 66.8 Å². The van der Waals surface area contributed by atoms with Crippen molar-refractivity contribution in [3.8, 4) is 5.75 Å². The van der Waals surface area contributed by atoms with E-state index in [1.165, 1.54) is 6.08 Å². The van der Waals surface area contributed by atoms with Gasteiger partial charge in [-0.3, -0.25) is 0 Å². The van der Waals surface area contributed by atoms with Crippen LogP contribution in [-0.4, -0.2) is 62.9 Å². The minimum Gasteiger partial charge on any atom is -0.497 e. The van der Waals surface area contributed by atoms with Crippen molar-refractivity contribution in [1.82, 2.24) is 0 Å². The first-order valence-electron chi connectivity index (χ1n) is 10.1. The minimum atomic E-state index is -0.910. The van der Waals surface area contributed by atoms with Gasteiger partial charge < -0.3 is 33.5 Å². The van der Waals surface area contributed by atoms with E-state index in [4.69, 9.17) is 28.4 Å². The zero-order valence-corrected chi connectivity index (χ0v) is 18.8. The summed E-state index contributed by atoms with van der Waals surface area (Å²) in [6.07, 6.45) is 2.30. The zero-order valence-electron chi connectivity index (χ0n) is 18.8. The predicted molar refractivity (Wildman–Crippen MR) is 118 cm³/mol. The van der Waals surface area contributed by atoms with Crippen LogP contribution in [0.3, 0.4) is 0 Å². The molecule has 7 nitrogen and oxygen atoms in total. The van der Waals surface area contributed by atoms with E-state index in [1.807, 2.05) is 30.3 Å². The molecule has 1 unspecified atom stereocenters. The summed E-state index contributed by atoms with van der Waals surface area (Å²) in [5.41, 5.74) is 1.84. The van der Waals surface area contributed by atoms with Crippen LogP contribution in [0.5, 0.6) is 5.75 Å². The summed E-state index contributed by atoms with van der Waals surface area (Å²) >= 11 is 0. The molecule has 0 saturated carbocycles. The van der Waals surface area contributed by atoms with Crippen molar-refractivity contribution in [2.75, 3.05) is 27.6 Å². The SMILES string of the molecule is C=C/C(=C/[C@H](OCOC)[C@@H]1OC(C)(C)O[C@H]1C(O)C=C)COCc1ccc(OC)cc1. The number of aliphatic hydroxyl groups excluding tert-OH is 1. The molecule has 1 aliphatic heterocycles. The van der Waals surface area contributed by atoms with Gasteiger partial charge in [0.05, 0.1) is 20.3 Å². The highest BCUT2D eigenvalue weighted by Crippen LogP contribution is 2.33. The average Bonchev–Trinajstić information content (AvgIpc) is 3.10. The van der Waals surface area contributed by atoms with Crippen LogP contribution in [0.25, 0.3) is 0 Å². The first-order chi connectivity index (χ1) is 14.8. The van der Waals surface area contributed by atoms with Crippen molar-refractivity contribution in [2.24, 2.45) is 0 Å². The second-order valence-corrected chi connectivity index (χ2v) is 7.62. The van der Waals surface area contributed by atoms with Crippen molar-refractivity contribution in [3.63, 3.8) is 0 Å². The first kappa shape index (κ1) is 25.3.